The molecule has 1 aromatic carbocycles. The fourth-order valence-electron chi connectivity index (χ4n) is 1.58. The summed E-state index contributed by atoms with van der Waals surface area (Å²) < 4.78 is 5.42. The van der Waals surface area contributed by atoms with Crippen LogP contribution in [0.2, 0.25) is 0 Å². The van der Waals surface area contributed by atoms with Gasteiger partial charge in [0.05, 0.1) is 6.61 Å². The second-order valence-corrected chi connectivity index (χ2v) is 3.34. The Hall–Kier alpha value is -1.97. The number of nitrogens with two attached hydrogens (primary N) is 1. The molecule has 0 unspecified atom stereocenters. The van der Waals surface area contributed by atoms with Crippen LogP contribution in [-0.2, 0) is 11.2 Å². The molecule has 0 aromatic heterocycles. The minimum Gasteiger partial charge on any atom is -0.492 e. The van der Waals surface area contributed by atoms with Crippen LogP contribution in [-0.4, -0.2) is 17.7 Å². The zero-order valence-corrected chi connectivity index (χ0v) is 8.06. The van der Waals surface area contributed by atoms with E-state index in [4.69, 9.17) is 15.6 Å². The molecule has 3 N–H and O–H groups in total. The maximum absolute atomic E-state index is 10.6. The van der Waals surface area contributed by atoms with Crippen molar-refractivity contribution in [2.45, 2.75) is 6.42 Å². The molecular formula is C11H11NO3. The molecular weight excluding hydrogens is 194 g/mol. The molecule has 4 heteroatoms. The van der Waals surface area contributed by atoms with Crippen LogP contribution >= 0.6 is 0 Å². The van der Waals surface area contributed by atoms with E-state index < -0.39 is 5.97 Å². The molecule has 1 aromatic rings. The first-order valence-electron chi connectivity index (χ1n) is 4.63. The smallest absolute Gasteiger partial charge is 0.351 e. The normalized spacial score (nSPS) is 14.5. The average molecular weight is 205 g/mol. The molecule has 0 amide bonds. The Balaban J connectivity index is 2.42. The third-order valence-electron chi connectivity index (χ3n) is 2.30. The topological polar surface area (TPSA) is 72.5 Å². The number of hydrogen-bond donors (Lipinski definition) is 2. The molecule has 0 atom stereocenters. The van der Waals surface area contributed by atoms with Gasteiger partial charge >= 0.3 is 5.97 Å². The Morgan fingerprint density at radius 2 is 2.33 bits per heavy atom. The predicted octanol–water partition coefficient (Wildman–Crippen LogP) is 1.01. The summed E-state index contributed by atoms with van der Waals surface area (Å²) in [6.07, 6.45) is 2.29. The van der Waals surface area contributed by atoms with Crippen molar-refractivity contribution in [3.8, 4) is 5.75 Å². The van der Waals surface area contributed by atoms with E-state index in [0.717, 1.165) is 23.3 Å². The first kappa shape index (κ1) is 9.58. The van der Waals surface area contributed by atoms with E-state index in [0.29, 0.717) is 6.61 Å². The number of carboxylic acid groups (broad SMARTS) is 1. The monoisotopic (exact) mass is 205 g/mol. The number of carboxylic acids is 1. The fraction of sp³-hybridized carbons (Fsp3) is 0.182. The first-order chi connectivity index (χ1) is 7.18. The second-order valence-electron chi connectivity index (χ2n) is 3.34. The van der Waals surface area contributed by atoms with Gasteiger partial charge in [-0.2, -0.15) is 0 Å². The minimum atomic E-state index is -1.12. The lowest BCUT2D eigenvalue weighted by Gasteiger charge is -2.03. The van der Waals surface area contributed by atoms with Gasteiger partial charge in [0.25, 0.3) is 0 Å². The van der Waals surface area contributed by atoms with Gasteiger partial charge in [-0.25, -0.2) is 4.79 Å². The highest BCUT2D eigenvalue weighted by atomic mass is 16.5. The summed E-state index contributed by atoms with van der Waals surface area (Å²) in [5.74, 6) is -0.368. The molecule has 4 nitrogen and oxygen atoms in total. The highest BCUT2D eigenvalue weighted by Gasteiger charge is 2.15. The maximum atomic E-state index is 10.6. The number of fused-ring (bicyclic) bond motifs is 1. The van der Waals surface area contributed by atoms with Crippen LogP contribution in [0.15, 0.2) is 23.9 Å². The Kier molecular flexibility index (Phi) is 2.33. The summed E-state index contributed by atoms with van der Waals surface area (Å²) in [5.41, 5.74) is 6.99. The van der Waals surface area contributed by atoms with E-state index in [1.54, 1.807) is 6.07 Å². The van der Waals surface area contributed by atoms with Crippen molar-refractivity contribution in [1.29, 1.82) is 0 Å². The van der Waals surface area contributed by atoms with E-state index in [-0.39, 0.29) is 5.70 Å². The van der Waals surface area contributed by atoms with Gasteiger partial charge in [0.1, 0.15) is 11.4 Å². The highest BCUT2D eigenvalue weighted by Crippen LogP contribution is 2.30. The Morgan fingerprint density at radius 1 is 1.53 bits per heavy atom. The van der Waals surface area contributed by atoms with Crippen molar-refractivity contribution in [3.63, 3.8) is 0 Å². The average Bonchev–Trinajstić information content (AvgIpc) is 2.66. The van der Waals surface area contributed by atoms with E-state index in [9.17, 15) is 4.79 Å². The number of rotatable bonds is 2. The highest BCUT2D eigenvalue weighted by molar-refractivity contribution is 5.91. The molecule has 2 rings (SSSR count). The van der Waals surface area contributed by atoms with Gasteiger partial charge in [0.15, 0.2) is 0 Å². The van der Waals surface area contributed by atoms with Crippen molar-refractivity contribution in [2.24, 2.45) is 5.73 Å². The van der Waals surface area contributed by atoms with Crippen molar-refractivity contribution in [1.82, 2.24) is 0 Å². The first-order valence-corrected chi connectivity index (χ1v) is 4.63. The number of carbonyl (C=O) groups is 1. The molecule has 78 valence electrons. The summed E-state index contributed by atoms with van der Waals surface area (Å²) in [6.45, 7) is 0.646. The Bertz CT molecular complexity index is 437. The number of benzene rings is 1. The Labute approximate surface area is 87.0 Å². The molecule has 1 heterocycles. The summed E-state index contributed by atoms with van der Waals surface area (Å²) in [7, 11) is 0. The van der Waals surface area contributed by atoms with Crippen molar-refractivity contribution in [2.75, 3.05) is 6.61 Å². The van der Waals surface area contributed by atoms with Crippen LogP contribution in [0.4, 0.5) is 0 Å². The number of ether oxygens (including phenoxy) is 1. The quantitative estimate of drug-likeness (QED) is 0.706. The lowest BCUT2D eigenvalue weighted by molar-refractivity contribution is -0.132. The fourth-order valence-corrected chi connectivity index (χ4v) is 1.58. The van der Waals surface area contributed by atoms with Gasteiger partial charge in [0, 0.05) is 12.0 Å². The van der Waals surface area contributed by atoms with Crippen LogP contribution in [0.1, 0.15) is 11.1 Å². The van der Waals surface area contributed by atoms with Crippen LogP contribution in [0.25, 0.3) is 6.08 Å². The van der Waals surface area contributed by atoms with Crippen molar-refractivity contribution < 1.29 is 14.6 Å². The summed E-state index contributed by atoms with van der Waals surface area (Å²) >= 11 is 0. The van der Waals surface area contributed by atoms with E-state index >= 15 is 0 Å². The standard InChI is InChI=1S/C11H11NO3/c12-9(11(13)14)6-8-3-1-2-7-4-5-15-10(7)8/h1-3,6H,4-5,12H2,(H,13,14)/b9-6+. The lowest BCUT2D eigenvalue weighted by atomic mass is 10.1. The summed E-state index contributed by atoms with van der Waals surface area (Å²) in [4.78, 5) is 10.6. The molecule has 0 saturated carbocycles. The largest absolute Gasteiger partial charge is 0.492 e. The number of aliphatic carboxylic acids is 1. The molecule has 0 saturated heterocycles. The van der Waals surface area contributed by atoms with Gasteiger partial charge in [-0.05, 0) is 11.6 Å². The molecule has 0 aliphatic carbocycles. The van der Waals surface area contributed by atoms with Crippen molar-refractivity contribution >= 4 is 12.0 Å². The molecule has 1 aliphatic heterocycles. The molecule has 0 radical (unpaired) electrons. The van der Waals surface area contributed by atoms with E-state index in [2.05, 4.69) is 0 Å². The molecule has 1 aliphatic rings. The zero-order valence-electron chi connectivity index (χ0n) is 8.06. The van der Waals surface area contributed by atoms with Crippen LogP contribution in [0, 0.1) is 0 Å². The zero-order chi connectivity index (χ0) is 10.8. The number of hydrogen-bond acceptors (Lipinski definition) is 3. The van der Waals surface area contributed by atoms with Crippen molar-refractivity contribution in [3.05, 3.63) is 35.0 Å². The third-order valence-corrected chi connectivity index (χ3v) is 2.30. The lowest BCUT2D eigenvalue weighted by Crippen LogP contribution is -2.09. The third kappa shape index (κ3) is 1.79. The van der Waals surface area contributed by atoms with Crippen LogP contribution in [0.3, 0.4) is 0 Å². The van der Waals surface area contributed by atoms with Gasteiger partial charge in [-0.3, -0.25) is 0 Å². The van der Waals surface area contributed by atoms with Gasteiger partial charge < -0.3 is 15.6 Å². The van der Waals surface area contributed by atoms with E-state index in [1.807, 2.05) is 12.1 Å². The van der Waals surface area contributed by atoms with Gasteiger partial charge in [-0.15, -0.1) is 0 Å². The predicted molar refractivity (Wildman–Crippen MR) is 55.4 cm³/mol. The summed E-state index contributed by atoms with van der Waals surface area (Å²) in [6, 6.07) is 5.63. The SMILES string of the molecule is N/C(=C/c1cccc2c1OCC2)C(=O)O. The van der Waals surface area contributed by atoms with Gasteiger partial charge in [-0.1, -0.05) is 18.2 Å². The van der Waals surface area contributed by atoms with Crippen LogP contribution in [0.5, 0.6) is 5.75 Å². The number of para-hydroxylation sites is 1. The second kappa shape index (κ2) is 3.65. The molecule has 0 spiro atoms. The maximum Gasteiger partial charge on any atom is 0.351 e. The van der Waals surface area contributed by atoms with Gasteiger partial charge in [0.2, 0.25) is 0 Å². The minimum absolute atomic E-state index is 0.182. The van der Waals surface area contributed by atoms with Crippen LogP contribution < -0.4 is 10.5 Å². The Morgan fingerprint density at radius 3 is 3.07 bits per heavy atom. The molecule has 0 bridgehead atoms. The molecule has 15 heavy (non-hydrogen) atoms. The molecule has 0 fully saturated rings. The van der Waals surface area contributed by atoms with E-state index in [1.165, 1.54) is 6.08 Å². The summed E-state index contributed by atoms with van der Waals surface area (Å²) in [5, 5.41) is 8.66.